The fourth-order valence-electron chi connectivity index (χ4n) is 5.58. The van der Waals surface area contributed by atoms with Crippen LogP contribution in [0.3, 0.4) is 0 Å². The van der Waals surface area contributed by atoms with Crippen LogP contribution in [0.4, 0.5) is 0 Å². The second-order valence-electron chi connectivity index (χ2n) is 10.4. The lowest BCUT2D eigenvalue weighted by molar-refractivity contribution is 0.348. The molecule has 0 aliphatic heterocycles. The monoisotopic (exact) mass is 424 g/mol. The maximum atomic E-state index is 2.41. The zero-order valence-electron chi connectivity index (χ0n) is 20.6. The molecule has 3 aromatic rings. The third-order valence-corrected chi connectivity index (χ3v) is 7.58. The van der Waals surface area contributed by atoms with Crippen LogP contribution >= 0.6 is 0 Å². The Morgan fingerprint density at radius 3 is 1.81 bits per heavy atom. The smallest absolute Gasteiger partial charge is 0.0125 e. The molecule has 0 saturated heterocycles. The Kier molecular flexibility index (Phi) is 7.51. The molecule has 1 aliphatic rings. The molecule has 4 rings (SSSR count). The Morgan fingerprint density at radius 2 is 1.22 bits per heavy atom. The van der Waals surface area contributed by atoms with Crippen LogP contribution < -0.4 is 0 Å². The van der Waals surface area contributed by atoms with Gasteiger partial charge in [0, 0.05) is 0 Å². The highest BCUT2D eigenvalue weighted by Gasteiger charge is 2.19. The summed E-state index contributed by atoms with van der Waals surface area (Å²) in [5, 5.41) is 0. The van der Waals surface area contributed by atoms with Crippen LogP contribution in [0.15, 0.2) is 60.7 Å². The molecule has 0 radical (unpaired) electrons. The van der Waals surface area contributed by atoms with E-state index in [4.69, 9.17) is 0 Å². The van der Waals surface area contributed by atoms with E-state index in [1.54, 1.807) is 5.56 Å². The molecule has 0 unspecified atom stereocenters. The van der Waals surface area contributed by atoms with Crippen molar-refractivity contribution >= 4 is 0 Å². The molecule has 0 bridgehead atoms. The normalized spacial score (nSPS) is 18.6. The summed E-state index contributed by atoms with van der Waals surface area (Å²) < 4.78 is 0. The molecular formula is C32H40. The predicted octanol–water partition coefficient (Wildman–Crippen LogP) is 9.14. The highest BCUT2D eigenvalue weighted by atomic mass is 14.2. The second kappa shape index (κ2) is 10.5. The van der Waals surface area contributed by atoms with Gasteiger partial charge in [0.2, 0.25) is 0 Å². The number of unbranched alkanes of at least 4 members (excludes halogenated alkanes) is 1. The Balaban J connectivity index is 1.29. The van der Waals surface area contributed by atoms with Gasteiger partial charge in [-0.3, -0.25) is 0 Å². The van der Waals surface area contributed by atoms with E-state index in [1.807, 2.05) is 0 Å². The molecule has 1 fully saturated rings. The van der Waals surface area contributed by atoms with E-state index >= 15 is 0 Å². The molecule has 0 atom stereocenters. The quantitative estimate of drug-likeness (QED) is 0.332. The van der Waals surface area contributed by atoms with Crippen molar-refractivity contribution in [2.24, 2.45) is 5.92 Å². The molecule has 0 nitrogen and oxygen atoms in total. The second-order valence-corrected chi connectivity index (χ2v) is 10.4. The number of rotatable bonds is 7. The fraction of sp³-hybridized carbons (Fsp3) is 0.438. The van der Waals surface area contributed by atoms with Gasteiger partial charge in [-0.25, -0.2) is 0 Å². The van der Waals surface area contributed by atoms with Gasteiger partial charge in [-0.2, -0.15) is 0 Å². The highest BCUT2D eigenvalue weighted by Crippen LogP contribution is 2.35. The van der Waals surface area contributed by atoms with Crippen LogP contribution in [0.25, 0.3) is 11.1 Å². The molecular weight excluding hydrogens is 384 g/mol. The lowest BCUT2D eigenvalue weighted by atomic mass is 9.79. The Bertz CT molecular complexity index is 976. The van der Waals surface area contributed by atoms with Gasteiger partial charge < -0.3 is 0 Å². The number of hydrogen-bond donors (Lipinski definition) is 0. The molecule has 1 saturated carbocycles. The first-order valence-electron chi connectivity index (χ1n) is 12.8. The van der Waals surface area contributed by atoms with E-state index in [-0.39, 0.29) is 0 Å². The van der Waals surface area contributed by atoms with Gasteiger partial charge in [-0.1, -0.05) is 86.0 Å². The Labute approximate surface area is 196 Å². The molecule has 32 heavy (non-hydrogen) atoms. The first-order valence-corrected chi connectivity index (χ1v) is 12.8. The number of hydrogen-bond acceptors (Lipinski definition) is 0. The maximum Gasteiger partial charge on any atom is -0.0125 e. The number of aryl methyl sites for hydroxylation is 5. The van der Waals surface area contributed by atoms with Crippen molar-refractivity contribution in [3.05, 3.63) is 94.0 Å². The molecule has 0 heteroatoms. The van der Waals surface area contributed by atoms with E-state index in [9.17, 15) is 0 Å². The molecule has 0 N–H and O–H groups in total. The lowest BCUT2D eigenvalue weighted by Gasteiger charge is -2.26. The zero-order valence-corrected chi connectivity index (χ0v) is 20.6. The molecule has 0 amide bonds. The lowest BCUT2D eigenvalue weighted by Crippen LogP contribution is -2.10. The van der Waals surface area contributed by atoms with Crippen LogP contribution in [0.5, 0.6) is 0 Å². The van der Waals surface area contributed by atoms with E-state index in [0.717, 1.165) is 11.8 Å². The van der Waals surface area contributed by atoms with Crippen LogP contribution in [-0.2, 0) is 12.8 Å². The average Bonchev–Trinajstić information content (AvgIpc) is 2.79. The van der Waals surface area contributed by atoms with Crippen LogP contribution in [0.2, 0.25) is 0 Å². The summed E-state index contributed by atoms with van der Waals surface area (Å²) in [6, 6.07) is 23.3. The summed E-state index contributed by atoms with van der Waals surface area (Å²) in [5.41, 5.74) is 11.4. The van der Waals surface area contributed by atoms with E-state index in [1.165, 1.54) is 90.3 Å². The Hall–Kier alpha value is -2.34. The standard InChI is InChI=1S/C32H40/c1-23-9-15-29(16-10-23)30-19-13-27(14-20-30)7-5-6-8-28-21-25(3)32(26(4)22-28)31-17-11-24(2)12-18-31/h11-14,17-23,29H,5-10,15-16H2,1-4H3. The van der Waals surface area contributed by atoms with E-state index in [2.05, 4.69) is 88.4 Å². The van der Waals surface area contributed by atoms with Gasteiger partial charge in [0.25, 0.3) is 0 Å². The summed E-state index contributed by atoms with van der Waals surface area (Å²) >= 11 is 0. The minimum absolute atomic E-state index is 0.801. The summed E-state index contributed by atoms with van der Waals surface area (Å²) in [6.45, 7) is 9.08. The van der Waals surface area contributed by atoms with Crippen LogP contribution in [0, 0.1) is 26.7 Å². The van der Waals surface area contributed by atoms with Crippen molar-refractivity contribution in [1.82, 2.24) is 0 Å². The van der Waals surface area contributed by atoms with Gasteiger partial charge in [0.15, 0.2) is 0 Å². The molecule has 1 aliphatic carbocycles. The minimum Gasteiger partial charge on any atom is -0.0625 e. The largest absolute Gasteiger partial charge is 0.0625 e. The topological polar surface area (TPSA) is 0 Å². The van der Waals surface area contributed by atoms with Crippen molar-refractivity contribution in [1.29, 1.82) is 0 Å². The molecule has 168 valence electrons. The minimum atomic E-state index is 0.801. The molecule has 0 spiro atoms. The third kappa shape index (κ3) is 5.71. The molecule has 0 heterocycles. The maximum absolute atomic E-state index is 2.41. The first-order chi connectivity index (χ1) is 15.5. The van der Waals surface area contributed by atoms with Crippen molar-refractivity contribution in [2.45, 2.75) is 85.0 Å². The average molecular weight is 425 g/mol. The van der Waals surface area contributed by atoms with Crippen molar-refractivity contribution < 1.29 is 0 Å². The van der Waals surface area contributed by atoms with Crippen molar-refractivity contribution in [3.8, 4) is 11.1 Å². The van der Waals surface area contributed by atoms with Crippen molar-refractivity contribution in [2.75, 3.05) is 0 Å². The Morgan fingerprint density at radius 1 is 0.656 bits per heavy atom. The molecule has 3 aromatic carbocycles. The number of benzene rings is 3. The predicted molar refractivity (Wildman–Crippen MR) is 140 cm³/mol. The fourth-order valence-corrected chi connectivity index (χ4v) is 5.58. The molecule has 0 aromatic heterocycles. The summed E-state index contributed by atoms with van der Waals surface area (Å²) in [4.78, 5) is 0. The van der Waals surface area contributed by atoms with Gasteiger partial charge in [-0.15, -0.1) is 0 Å². The first kappa shape index (κ1) is 22.8. The van der Waals surface area contributed by atoms with Crippen LogP contribution in [-0.4, -0.2) is 0 Å². The van der Waals surface area contributed by atoms with Gasteiger partial charge in [0.05, 0.1) is 0 Å². The third-order valence-electron chi connectivity index (χ3n) is 7.58. The summed E-state index contributed by atoms with van der Waals surface area (Å²) in [5.74, 6) is 1.73. The highest BCUT2D eigenvalue weighted by molar-refractivity contribution is 5.71. The van der Waals surface area contributed by atoms with E-state index in [0.29, 0.717) is 0 Å². The van der Waals surface area contributed by atoms with Gasteiger partial charge in [-0.05, 0) is 110 Å². The van der Waals surface area contributed by atoms with Crippen LogP contribution in [0.1, 0.15) is 84.7 Å². The van der Waals surface area contributed by atoms with E-state index < -0.39 is 0 Å². The van der Waals surface area contributed by atoms with Crippen molar-refractivity contribution in [3.63, 3.8) is 0 Å². The SMILES string of the molecule is Cc1ccc(-c2c(C)cc(CCCCc3ccc(C4CCC(C)CC4)cc3)cc2C)cc1. The van der Waals surface area contributed by atoms with Gasteiger partial charge in [0.1, 0.15) is 0 Å². The van der Waals surface area contributed by atoms with Gasteiger partial charge >= 0.3 is 0 Å². The summed E-state index contributed by atoms with van der Waals surface area (Å²) in [6.07, 6.45) is 10.4. The summed E-state index contributed by atoms with van der Waals surface area (Å²) in [7, 11) is 0. The zero-order chi connectivity index (χ0) is 22.5.